The monoisotopic (exact) mass is 482 g/mol. The molecule has 1 aromatic carbocycles. The zero-order chi connectivity index (χ0) is 23.7. The molecule has 0 radical (unpaired) electrons. The number of pyridine rings is 1. The van der Waals surface area contributed by atoms with Crippen molar-refractivity contribution in [2.45, 2.75) is 18.8 Å². The van der Waals surface area contributed by atoms with Gasteiger partial charge in [-0.3, -0.25) is 9.78 Å². The van der Waals surface area contributed by atoms with E-state index in [0.29, 0.717) is 12.3 Å². The summed E-state index contributed by atoms with van der Waals surface area (Å²) in [6, 6.07) is 3.59. The van der Waals surface area contributed by atoms with Crippen molar-refractivity contribution in [2.75, 3.05) is 6.54 Å². The molecule has 0 aliphatic rings. The second-order valence-electron chi connectivity index (χ2n) is 6.27. The molecule has 0 unspecified atom stereocenters. The van der Waals surface area contributed by atoms with Crippen LogP contribution >= 0.6 is 11.6 Å². The molecule has 6 nitrogen and oxygen atoms in total. The lowest BCUT2D eigenvalue weighted by Crippen LogP contribution is -2.27. The molecule has 3 aromatic rings. The summed E-state index contributed by atoms with van der Waals surface area (Å²) in [4.78, 5) is 18.9. The first kappa shape index (κ1) is 23.4. The summed E-state index contributed by atoms with van der Waals surface area (Å²) in [5.74, 6) is -4.07. The molecule has 0 aliphatic heterocycles. The second kappa shape index (κ2) is 8.73. The molecular formula is C18H10ClF7N4O2. The molecule has 0 saturated heterocycles. The Morgan fingerprint density at radius 3 is 2.38 bits per heavy atom. The van der Waals surface area contributed by atoms with Crippen molar-refractivity contribution in [3.63, 3.8) is 0 Å². The van der Waals surface area contributed by atoms with Gasteiger partial charge in [0.25, 0.3) is 5.91 Å². The molecular weight excluding hydrogens is 473 g/mol. The van der Waals surface area contributed by atoms with E-state index in [-0.39, 0.29) is 29.2 Å². The van der Waals surface area contributed by atoms with Gasteiger partial charge in [-0.15, -0.1) is 0 Å². The lowest BCUT2D eigenvalue weighted by atomic mass is 10.1. The van der Waals surface area contributed by atoms with Gasteiger partial charge in [0.2, 0.25) is 5.82 Å². The van der Waals surface area contributed by atoms with Crippen molar-refractivity contribution in [2.24, 2.45) is 0 Å². The van der Waals surface area contributed by atoms with Gasteiger partial charge in [0, 0.05) is 24.7 Å². The molecule has 2 heterocycles. The number of amides is 1. The maximum atomic E-state index is 14.3. The Hall–Kier alpha value is -3.22. The Labute approximate surface area is 179 Å². The van der Waals surface area contributed by atoms with Crippen LogP contribution < -0.4 is 5.32 Å². The molecule has 32 heavy (non-hydrogen) atoms. The maximum absolute atomic E-state index is 14.3. The SMILES string of the molecule is O=C(NCCc1ncc(C(F)(F)F)cc1Cl)c1ccc(-c2noc(C(F)(F)F)n2)cc1F. The van der Waals surface area contributed by atoms with Crippen LogP contribution in [0.4, 0.5) is 30.7 Å². The highest BCUT2D eigenvalue weighted by Crippen LogP contribution is 2.31. The average Bonchev–Trinajstić information content (AvgIpc) is 3.19. The minimum Gasteiger partial charge on any atom is -0.352 e. The largest absolute Gasteiger partial charge is 0.471 e. The van der Waals surface area contributed by atoms with Crippen molar-refractivity contribution >= 4 is 17.5 Å². The highest BCUT2D eigenvalue weighted by Gasteiger charge is 2.38. The number of nitrogens with zero attached hydrogens (tertiary/aromatic N) is 3. The van der Waals surface area contributed by atoms with E-state index in [2.05, 4.69) is 25.0 Å². The number of carbonyl (C=O) groups excluding carboxylic acids is 1. The van der Waals surface area contributed by atoms with Gasteiger partial charge in [-0.25, -0.2) is 4.39 Å². The van der Waals surface area contributed by atoms with E-state index in [9.17, 15) is 35.5 Å². The molecule has 0 spiro atoms. The number of hydrogen-bond donors (Lipinski definition) is 1. The Balaban J connectivity index is 1.64. The average molecular weight is 483 g/mol. The molecule has 1 N–H and O–H groups in total. The highest BCUT2D eigenvalue weighted by molar-refractivity contribution is 6.31. The van der Waals surface area contributed by atoms with Crippen molar-refractivity contribution < 1.29 is 40.1 Å². The van der Waals surface area contributed by atoms with Gasteiger partial charge in [0.1, 0.15) is 5.82 Å². The molecule has 3 rings (SSSR count). The summed E-state index contributed by atoms with van der Waals surface area (Å²) in [7, 11) is 0. The van der Waals surface area contributed by atoms with Crippen LogP contribution in [0, 0.1) is 5.82 Å². The Bertz CT molecular complexity index is 1150. The molecule has 0 bridgehead atoms. The molecule has 0 fully saturated rings. The number of carbonyl (C=O) groups is 1. The Morgan fingerprint density at radius 1 is 1.09 bits per heavy atom. The number of halogens is 8. The zero-order valence-corrected chi connectivity index (χ0v) is 16.2. The second-order valence-corrected chi connectivity index (χ2v) is 6.68. The number of benzene rings is 1. The number of aromatic nitrogens is 3. The van der Waals surface area contributed by atoms with Crippen LogP contribution in [0.25, 0.3) is 11.4 Å². The van der Waals surface area contributed by atoms with Gasteiger partial charge in [0.05, 0.1) is 21.8 Å². The number of rotatable bonds is 5. The van der Waals surface area contributed by atoms with E-state index in [0.717, 1.165) is 18.2 Å². The van der Waals surface area contributed by atoms with Crippen LogP contribution in [-0.2, 0) is 18.8 Å². The summed E-state index contributed by atoms with van der Waals surface area (Å²) in [6.45, 7) is -0.127. The van der Waals surface area contributed by atoms with Gasteiger partial charge in [0.15, 0.2) is 0 Å². The lowest BCUT2D eigenvalue weighted by molar-refractivity contribution is -0.159. The quantitative estimate of drug-likeness (QED) is 0.521. The Kier molecular flexibility index (Phi) is 6.39. The predicted molar refractivity (Wildman–Crippen MR) is 95.0 cm³/mol. The summed E-state index contributed by atoms with van der Waals surface area (Å²) in [5, 5.41) is 5.22. The minimum atomic E-state index is -4.87. The Morgan fingerprint density at radius 2 is 1.81 bits per heavy atom. The van der Waals surface area contributed by atoms with Crippen LogP contribution in [0.3, 0.4) is 0 Å². The van der Waals surface area contributed by atoms with Crippen molar-refractivity contribution in [1.82, 2.24) is 20.4 Å². The van der Waals surface area contributed by atoms with Crippen molar-refractivity contribution in [3.05, 3.63) is 64.0 Å². The van der Waals surface area contributed by atoms with Crippen LogP contribution in [0.15, 0.2) is 35.0 Å². The van der Waals surface area contributed by atoms with Crippen molar-refractivity contribution in [1.29, 1.82) is 0 Å². The topological polar surface area (TPSA) is 80.9 Å². The van der Waals surface area contributed by atoms with E-state index in [1.807, 2.05) is 0 Å². The molecule has 14 heteroatoms. The normalized spacial score (nSPS) is 12.1. The van der Waals surface area contributed by atoms with Crippen LogP contribution in [0.5, 0.6) is 0 Å². The lowest BCUT2D eigenvalue weighted by Gasteiger charge is -2.10. The number of nitrogens with one attached hydrogen (secondary N) is 1. The smallest absolute Gasteiger partial charge is 0.352 e. The maximum Gasteiger partial charge on any atom is 0.471 e. The zero-order valence-electron chi connectivity index (χ0n) is 15.5. The standard InChI is InChI=1S/C18H10ClF7N4O2/c19-11-6-9(17(21,22)23)7-28-13(11)3-4-27-15(31)10-2-1-8(5-12(10)20)14-29-16(32-30-14)18(24,25)26/h1-2,5-7H,3-4H2,(H,27,31). The van der Waals surface area contributed by atoms with Gasteiger partial charge >= 0.3 is 18.2 Å². The first-order chi connectivity index (χ1) is 14.9. The fourth-order valence-electron chi connectivity index (χ4n) is 2.49. The van der Waals surface area contributed by atoms with Crippen LogP contribution in [0.1, 0.15) is 27.5 Å². The van der Waals surface area contributed by atoms with Crippen LogP contribution in [-0.4, -0.2) is 27.6 Å². The first-order valence-corrected chi connectivity index (χ1v) is 8.94. The minimum absolute atomic E-state index is 0.0362. The summed E-state index contributed by atoms with van der Waals surface area (Å²) in [5.41, 5.74) is -1.52. The highest BCUT2D eigenvalue weighted by atomic mass is 35.5. The third-order valence-electron chi connectivity index (χ3n) is 4.03. The summed E-state index contributed by atoms with van der Waals surface area (Å²) < 4.78 is 93.8. The van der Waals surface area contributed by atoms with Gasteiger partial charge in [-0.1, -0.05) is 22.8 Å². The van der Waals surface area contributed by atoms with Crippen LogP contribution in [0.2, 0.25) is 5.02 Å². The van der Waals surface area contributed by atoms with E-state index >= 15 is 0 Å². The number of hydrogen-bond acceptors (Lipinski definition) is 5. The van der Waals surface area contributed by atoms with E-state index in [1.165, 1.54) is 0 Å². The molecule has 1 amide bonds. The predicted octanol–water partition coefficient (Wildman–Crippen LogP) is 4.93. The molecule has 2 aromatic heterocycles. The molecule has 0 aliphatic carbocycles. The fraction of sp³-hybridized carbons (Fsp3) is 0.222. The third kappa shape index (κ3) is 5.33. The molecule has 0 atom stereocenters. The van der Waals surface area contributed by atoms with Gasteiger partial charge in [-0.2, -0.15) is 31.3 Å². The van der Waals surface area contributed by atoms with E-state index < -0.39 is 46.9 Å². The fourth-order valence-corrected chi connectivity index (χ4v) is 2.75. The van der Waals surface area contributed by atoms with Gasteiger partial charge in [-0.05, 0) is 18.2 Å². The van der Waals surface area contributed by atoms with E-state index in [1.54, 1.807) is 0 Å². The molecule has 0 saturated carbocycles. The van der Waals surface area contributed by atoms with Gasteiger partial charge < -0.3 is 9.84 Å². The summed E-state index contributed by atoms with van der Waals surface area (Å²) >= 11 is 5.77. The van der Waals surface area contributed by atoms with E-state index in [4.69, 9.17) is 11.6 Å². The van der Waals surface area contributed by atoms with Crippen molar-refractivity contribution in [3.8, 4) is 11.4 Å². The molecule has 170 valence electrons. The third-order valence-corrected chi connectivity index (χ3v) is 4.36. The summed E-state index contributed by atoms with van der Waals surface area (Å²) in [6.07, 6.45) is -8.91. The number of alkyl halides is 6. The first-order valence-electron chi connectivity index (χ1n) is 8.57.